The van der Waals surface area contributed by atoms with E-state index in [0.717, 1.165) is 55.3 Å². The molecular formula is C24H24F3N7. The number of nitrogens with one attached hydrogen (secondary N) is 2. The molecule has 1 saturated carbocycles. The van der Waals surface area contributed by atoms with Crippen LogP contribution in [0, 0.1) is 0 Å². The van der Waals surface area contributed by atoms with Crippen molar-refractivity contribution in [3.05, 3.63) is 42.0 Å². The third kappa shape index (κ3) is 3.66. The van der Waals surface area contributed by atoms with Crippen LogP contribution in [-0.4, -0.2) is 50.1 Å². The number of nitrogens with zero attached hydrogens (tertiary/aromatic N) is 5. The van der Waals surface area contributed by atoms with Gasteiger partial charge in [0.05, 0.1) is 11.7 Å². The van der Waals surface area contributed by atoms with Gasteiger partial charge in [-0.05, 0) is 50.3 Å². The van der Waals surface area contributed by atoms with E-state index in [1.54, 1.807) is 12.3 Å². The lowest BCUT2D eigenvalue weighted by atomic mass is 10.0. The maximum Gasteiger partial charge on any atom is 0.431 e. The Kier molecular flexibility index (Phi) is 4.61. The number of rotatable bonds is 3. The second-order valence-corrected chi connectivity index (χ2v) is 9.80. The molecule has 34 heavy (non-hydrogen) atoms. The second-order valence-electron chi connectivity index (χ2n) is 9.80. The van der Waals surface area contributed by atoms with Crippen LogP contribution in [-0.2, 0) is 6.18 Å². The SMILES string of the molecule is CC1(C)CN(c2nc(-c3ccnc4[nH]c(C(F)(F)F)cc34)nc3cncc(C4CC4)c23)CCN1. The minimum absolute atomic E-state index is 0.103. The smallest absolute Gasteiger partial charge is 0.353 e. The van der Waals surface area contributed by atoms with Gasteiger partial charge < -0.3 is 15.2 Å². The van der Waals surface area contributed by atoms with Crippen LogP contribution in [0.3, 0.4) is 0 Å². The Morgan fingerprint density at radius 2 is 1.97 bits per heavy atom. The Bertz CT molecular complexity index is 1410. The summed E-state index contributed by atoms with van der Waals surface area (Å²) >= 11 is 0. The third-order valence-corrected chi connectivity index (χ3v) is 6.58. The van der Waals surface area contributed by atoms with Gasteiger partial charge in [-0.15, -0.1) is 0 Å². The first-order valence-corrected chi connectivity index (χ1v) is 11.4. The number of aromatic amines is 1. The highest BCUT2D eigenvalue weighted by molar-refractivity contribution is 5.97. The summed E-state index contributed by atoms with van der Waals surface area (Å²) in [5.41, 5.74) is 1.57. The monoisotopic (exact) mass is 467 g/mol. The van der Waals surface area contributed by atoms with Crippen molar-refractivity contribution in [2.24, 2.45) is 0 Å². The number of hydrogen-bond donors (Lipinski definition) is 2. The van der Waals surface area contributed by atoms with Crippen LogP contribution in [0.4, 0.5) is 19.0 Å². The number of H-pyrrole nitrogens is 1. The molecule has 10 heteroatoms. The molecule has 0 unspecified atom stereocenters. The molecule has 1 aliphatic carbocycles. The van der Waals surface area contributed by atoms with Crippen LogP contribution < -0.4 is 10.2 Å². The molecule has 2 aliphatic rings. The van der Waals surface area contributed by atoms with Crippen molar-refractivity contribution in [2.75, 3.05) is 24.5 Å². The molecule has 176 valence electrons. The second kappa shape index (κ2) is 7.36. The van der Waals surface area contributed by atoms with Gasteiger partial charge in [0.1, 0.15) is 17.2 Å². The molecule has 4 aromatic heterocycles. The van der Waals surface area contributed by atoms with Gasteiger partial charge in [-0.3, -0.25) is 4.98 Å². The molecule has 0 radical (unpaired) electrons. The summed E-state index contributed by atoms with van der Waals surface area (Å²) in [6.07, 6.45) is 2.84. The summed E-state index contributed by atoms with van der Waals surface area (Å²) in [6.45, 7) is 6.63. The molecule has 2 fully saturated rings. The summed E-state index contributed by atoms with van der Waals surface area (Å²) in [7, 11) is 0. The van der Waals surface area contributed by atoms with Gasteiger partial charge in [-0.1, -0.05) is 0 Å². The van der Waals surface area contributed by atoms with Crippen LogP contribution in [0.1, 0.15) is 43.9 Å². The van der Waals surface area contributed by atoms with Gasteiger partial charge in [0.2, 0.25) is 0 Å². The molecule has 5 heterocycles. The van der Waals surface area contributed by atoms with E-state index in [4.69, 9.17) is 9.97 Å². The number of alkyl halides is 3. The van der Waals surface area contributed by atoms with E-state index in [1.165, 1.54) is 6.20 Å². The molecule has 0 aromatic carbocycles. The standard InChI is InChI=1S/C24H24F3N7/c1-23(2)12-34(8-7-30-23)22-19-16(13-3-4-13)10-28-11-17(19)31-21(33-22)14-5-6-29-20-15(14)9-18(32-20)24(25,26)27/h5-6,9-11,13,30H,3-4,7-8,12H2,1-2H3,(H,29,32). The van der Waals surface area contributed by atoms with E-state index in [2.05, 4.69) is 39.0 Å². The summed E-state index contributed by atoms with van der Waals surface area (Å²) in [5, 5.41) is 4.86. The minimum atomic E-state index is -4.50. The normalized spacial score (nSPS) is 18.7. The van der Waals surface area contributed by atoms with Crippen LogP contribution in [0.2, 0.25) is 0 Å². The maximum atomic E-state index is 13.4. The van der Waals surface area contributed by atoms with Crippen molar-refractivity contribution >= 4 is 27.8 Å². The van der Waals surface area contributed by atoms with Crippen molar-refractivity contribution in [2.45, 2.75) is 44.3 Å². The number of aromatic nitrogens is 5. The summed E-state index contributed by atoms with van der Waals surface area (Å²) < 4.78 is 40.1. The van der Waals surface area contributed by atoms with Gasteiger partial charge in [0.15, 0.2) is 5.82 Å². The zero-order valence-electron chi connectivity index (χ0n) is 18.9. The Labute approximate surface area is 193 Å². The Hall–Kier alpha value is -3.27. The molecule has 2 N–H and O–H groups in total. The summed E-state index contributed by atoms with van der Waals surface area (Å²) in [5.74, 6) is 1.64. The fourth-order valence-corrected chi connectivity index (χ4v) is 4.84. The van der Waals surface area contributed by atoms with Crippen LogP contribution >= 0.6 is 0 Å². The Morgan fingerprint density at radius 3 is 2.71 bits per heavy atom. The molecular weight excluding hydrogens is 443 g/mol. The van der Waals surface area contributed by atoms with Gasteiger partial charge in [-0.25, -0.2) is 15.0 Å². The van der Waals surface area contributed by atoms with Crippen molar-refractivity contribution in [3.8, 4) is 11.4 Å². The molecule has 6 rings (SSSR count). The molecule has 0 amide bonds. The first kappa shape index (κ1) is 21.3. The summed E-state index contributed by atoms with van der Waals surface area (Å²) in [4.78, 5) is 23.0. The lowest BCUT2D eigenvalue weighted by molar-refractivity contribution is -0.140. The van der Waals surface area contributed by atoms with E-state index in [0.29, 0.717) is 28.2 Å². The highest BCUT2D eigenvalue weighted by Crippen LogP contribution is 2.45. The largest absolute Gasteiger partial charge is 0.431 e. The van der Waals surface area contributed by atoms with Gasteiger partial charge in [0, 0.05) is 53.9 Å². The molecule has 0 atom stereocenters. The van der Waals surface area contributed by atoms with Crippen molar-refractivity contribution < 1.29 is 13.2 Å². The van der Waals surface area contributed by atoms with E-state index in [9.17, 15) is 13.2 Å². The first-order valence-electron chi connectivity index (χ1n) is 11.4. The van der Waals surface area contributed by atoms with Crippen molar-refractivity contribution in [1.82, 2.24) is 30.2 Å². The van der Waals surface area contributed by atoms with E-state index < -0.39 is 11.9 Å². The number of hydrogen-bond acceptors (Lipinski definition) is 6. The van der Waals surface area contributed by atoms with Crippen LogP contribution in [0.15, 0.2) is 30.7 Å². The number of anilines is 1. The third-order valence-electron chi connectivity index (χ3n) is 6.58. The highest BCUT2D eigenvalue weighted by atomic mass is 19.4. The fourth-order valence-electron chi connectivity index (χ4n) is 4.84. The lowest BCUT2D eigenvalue weighted by Gasteiger charge is -2.40. The van der Waals surface area contributed by atoms with E-state index >= 15 is 0 Å². The predicted molar refractivity (Wildman–Crippen MR) is 124 cm³/mol. The van der Waals surface area contributed by atoms with Crippen molar-refractivity contribution in [3.63, 3.8) is 0 Å². The topological polar surface area (TPSA) is 82.6 Å². The Balaban J connectivity index is 1.58. The zero-order chi connectivity index (χ0) is 23.7. The molecule has 7 nitrogen and oxygen atoms in total. The molecule has 0 spiro atoms. The average Bonchev–Trinajstić information content (AvgIpc) is 3.53. The quantitative estimate of drug-likeness (QED) is 0.456. The van der Waals surface area contributed by atoms with E-state index in [-0.39, 0.29) is 11.2 Å². The average molecular weight is 467 g/mol. The number of piperazine rings is 1. The van der Waals surface area contributed by atoms with E-state index in [1.807, 2.05) is 6.20 Å². The Morgan fingerprint density at radius 1 is 1.15 bits per heavy atom. The molecule has 0 bridgehead atoms. The minimum Gasteiger partial charge on any atom is -0.353 e. The van der Waals surface area contributed by atoms with Gasteiger partial charge >= 0.3 is 6.18 Å². The highest BCUT2D eigenvalue weighted by Gasteiger charge is 2.34. The number of fused-ring (bicyclic) bond motifs is 2. The van der Waals surface area contributed by atoms with Gasteiger partial charge in [-0.2, -0.15) is 13.2 Å². The number of pyridine rings is 2. The molecule has 1 aliphatic heterocycles. The van der Waals surface area contributed by atoms with Crippen molar-refractivity contribution in [1.29, 1.82) is 0 Å². The predicted octanol–water partition coefficient (Wildman–Crippen LogP) is 4.65. The lowest BCUT2D eigenvalue weighted by Crippen LogP contribution is -2.57. The number of halogens is 3. The molecule has 4 aromatic rings. The zero-order valence-corrected chi connectivity index (χ0v) is 18.9. The maximum absolute atomic E-state index is 13.4. The fraction of sp³-hybridized carbons (Fsp3) is 0.417. The van der Waals surface area contributed by atoms with Crippen LogP contribution in [0.5, 0.6) is 0 Å². The molecule has 1 saturated heterocycles. The van der Waals surface area contributed by atoms with Gasteiger partial charge in [0.25, 0.3) is 0 Å². The summed E-state index contributed by atoms with van der Waals surface area (Å²) in [6, 6.07) is 2.75. The van der Waals surface area contributed by atoms with Crippen LogP contribution in [0.25, 0.3) is 33.3 Å². The first-order chi connectivity index (χ1) is 16.2.